The summed E-state index contributed by atoms with van der Waals surface area (Å²) in [6, 6.07) is 8.87. The molecule has 6 nitrogen and oxygen atoms in total. The van der Waals surface area contributed by atoms with Gasteiger partial charge in [0.1, 0.15) is 24.2 Å². The van der Waals surface area contributed by atoms with Gasteiger partial charge in [-0.3, -0.25) is 9.36 Å². The van der Waals surface area contributed by atoms with Crippen LogP contribution in [-0.2, 0) is 16.1 Å². The average Bonchev–Trinajstić information content (AvgIpc) is 3.25. The molecular formula is C16H15N3O3. The van der Waals surface area contributed by atoms with Gasteiger partial charge in [0, 0.05) is 11.8 Å². The molecule has 2 heterocycles. The van der Waals surface area contributed by atoms with Crippen molar-refractivity contribution in [1.29, 1.82) is 0 Å². The lowest BCUT2D eigenvalue weighted by Gasteiger charge is -2.16. The van der Waals surface area contributed by atoms with E-state index in [4.69, 9.17) is 10.5 Å². The Kier molecular flexibility index (Phi) is 2.79. The number of rotatable bonds is 3. The van der Waals surface area contributed by atoms with E-state index in [1.54, 1.807) is 0 Å². The molecule has 1 saturated carbocycles. The number of nitrogens with two attached hydrogens (primary N) is 1. The van der Waals surface area contributed by atoms with Gasteiger partial charge in [-0.05, 0) is 12.0 Å². The molecule has 3 atom stereocenters. The summed E-state index contributed by atoms with van der Waals surface area (Å²) >= 11 is 0. The van der Waals surface area contributed by atoms with E-state index >= 15 is 0 Å². The van der Waals surface area contributed by atoms with Crippen LogP contribution in [0.2, 0.25) is 0 Å². The smallest absolute Gasteiger partial charge is 0.329 e. The van der Waals surface area contributed by atoms with Crippen molar-refractivity contribution in [2.24, 2.45) is 5.92 Å². The molecule has 1 aliphatic heterocycles. The van der Waals surface area contributed by atoms with E-state index in [0.717, 1.165) is 12.0 Å². The fourth-order valence-electron chi connectivity index (χ4n) is 3.19. The van der Waals surface area contributed by atoms with E-state index in [9.17, 15) is 9.59 Å². The second-order valence-corrected chi connectivity index (χ2v) is 5.79. The fraction of sp³-hybridized carbons (Fsp3) is 0.312. The number of aromatic nitrogens is 2. The quantitative estimate of drug-likeness (QED) is 0.861. The van der Waals surface area contributed by atoms with Crippen LogP contribution in [0.5, 0.6) is 0 Å². The van der Waals surface area contributed by atoms with Crippen molar-refractivity contribution in [1.82, 2.24) is 9.55 Å². The van der Waals surface area contributed by atoms with Crippen molar-refractivity contribution in [2.75, 3.05) is 5.73 Å². The Balaban J connectivity index is 1.58. The van der Waals surface area contributed by atoms with Gasteiger partial charge < -0.3 is 10.5 Å². The van der Waals surface area contributed by atoms with Crippen LogP contribution < -0.4 is 11.3 Å². The molecule has 112 valence electrons. The molecule has 2 N–H and O–H groups in total. The lowest BCUT2D eigenvalue weighted by molar-refractivity contribution is -0.149. The summed E-state index contributed by atoms with van der Waals surface area (Å²) in [5, 5.41) is 0. The monoisotopic (exact) mass is 297 g/mol. The molecule has 1 fully saturated rings. The third-order valence-corrected chi connectivity index (χ3v) is 4.37. The molecule has 1 aliphatic carbocycles. The summed E-state index contributed by atoms with van der Waals surface area (Å²) in [6.45, 7) is 0.202. The normalized spacial score (nSPS) is 24.5. The third-order valence-electron chi connectivity index (χ3n) is 4.37. The van der Waals surface area contributed by atoms with E-state index in [0.29, 0.717) is 5.82 Å². The Hall–Kier alpha value is -2.63. The second-order valence-electron chi connectivity index (χ2n) is 5.79. The minimum absolute atomic E-state index is 0.0610. The van der Waals surface area contributed by atoms with Crippen LogP contribution in [0.3, 0.4) is 0 Å². The van der Waals surface area contributed by atoms with Crippen molar-refractivity contribution in [3.63, 3.8) is 0 Å². The second kappa shape index (κ2) is 4.69. The van der Waals surface area contributed by atoms with Gasteiger partial charge in [0.25, 0.3) is 5.56 Å². The van der Waals surface area contributed by atoms with Crippen molar-refractivity contribution in [3.8, 4) is 0 Å². The zero-order valence-corrected chi connectivity index (χ0v) is 11.8. The molecule has 0 unspecified atom stereocenters. The number of hydrogen-bond acceptors (Lipinski definition) is 5. The van der Waals surface area contributed by atoms with Gasteiger partial charge in [0.15, 0.2) is 0 Å². The van der Waals surface area contributed by atoms with E-state index in [1.165, 1.54) is 10.8 Å². The fourth-order valence-corrected chi connectivity index (χ4v) is 3.19. The van der Waals surface area contributed by atoms with Crippen molar-refractivity contribution < 1.29 is 9.53 Å². The number of ether oxygens (including phenoxy) is 1. The maximum absolute atomic E-state index is 12.4. The van der Waals surface area contributed by atoms with Crippen molar-refractivity contribution >= 4 is 11.7 Å². The summed E-state index contributed by atoms with van der Waals surface area (Å²) in [7, 11) is 0. The molecule has 4 rings (SSSR count). The molecule has 0 radical (unpaired) electrons. The van der Waals surface area contributed by atoms with E-state index in [2.05, 4.69) is 4.98 Å². The van der Waals surface area contributed by atoms with Crippen LogP contribution in [-0.4, -0.2) is 15.5 Å². The molecule has 0 saturated heterocycles. The molecule has 1 aromatic heterocycles. The summed E-state index contributed by atoms with van der Waals surface area (Å²) in [5.41, 5.74) is 6.26. The molecule has 2 aliphatic rings. The SMILES string of the molecule is Nc1cnc2n(c1=O)[C@@H](C(=O)OCc1ccccc1)[C@H]1C[C@@H]21. The maximum Gasteiger partial charge on any atom is 0.329 e. The highest BCUT2D eigenvalue weighted by Crippen LogP contribution is 2.58. The first-order chi connectivity index (χ1) is 10.7. The first-order valence-corrected chi connectivity index (χ1v) is 7.24. The number of nitrogens with zero attached hydrogens (tertiary/aromatic N) is 2. The zero-order valence-electron chi connectivity index (χ0n) is 11.8. The van der Waals surface area contributed by atoms with Crippen LogP contribution in [0.15, 0.2) is 41.3 Å². The highest BCUT2D eigenvalue weighted by Gasteiger charge is 2.57. The number of esters is 1. The van der Waals surface area contributed by atoms with E-state index in [-0.39, 0.29) is 35.7 Å². The molecule has 0 spiro atoms. The van der Waals surface area contributed by atoms with Crippen molar-refractivity contribution in [3.05, 3.63) is 58.3 Å². The van der Waals surface area contributed by atoms with E-state index in [1.807, 2.05) is 30.3 Å². The summed E-state index contributed by atoms with van der Waals surface area (Å²) in [4.78, 5) is 28.9. The topological polar surface area (TPSA) is 87.2 Å². The largest absolute Gasteiger partial charge is 0.459 e. The van der Waals surface area contributed by atoms with Crippen LogP contribution in [0.25, 0.3) is 0 Å². The lowest BCUT2D eigenvalue weighted by Crippen LogP contribution is -2.33. The standard InChI is InChI=1S/C16H15N3O3/c17-12-7-18-14-11-6-10(11)13(19(14)15(12)20)16(21)22-8-9-4-2-1-3-5-9/h1-5,7,10-11,13H,6,8,17H2/t10-,11+,13+/m0/s1. The molecule has 1 aromatic carbocycles. The predicted molar refractivity (Wildman–Crippen MR) is 79.0 cm³/mol. The Morgan fingerprint density at radius 2 is 2.14 bits per heavy atom. The number of carbonyl (C=O) groups excluding carboxylic acids is 1. The predicted octanol–water partition coefficient (Wildman–Crippen LogP) is 1.23. The van der Waals surface area contributed by atoms with Gasteiger partial charge in [-0.15, -0.1) is 0 Å². The summed E-state index contributed by atoms with van der Waals surface area (Å²) in [5.74, 6) is 0.573. The third kappa shape index (κ3) is 1.91. The number of carbonyl (C=O) groups is 1. The van der Waals surface area contributed by atoms with Gasteiger partial charge in [-0.2, -0.15) is 0 Å². The number of hydrogen-bond donors (Lipinski definition) is 1. The molecular weight excluding hydrogens is 282 g/mol. The van der Waals surface area contributed by atoms with Crippen LogP contribution >= 0.6 is 0 Å². The highest BCUT2D eigenvalue weighted by molar-refractivity contribution is 5.76. The minimum Gasteiger partial charge on any atom is -0.459 e. The van der Waals surface area contributed by atoms with E-state index < -0.39 is 6.04 Å². The highest BCUT2D eigenvalue weighted by atomic mass is 16.5. The number of anilines is 1. The maximum atomic E-state index is 12.4. The van der Waals surface area contributed by atoms with Gasteiger partial charge in [-0.25, -0.2) is 9.78 Å². The number of benzene rings is 1. The van der Waals surface area contributed by atoms with Crippen LogP contribution in [0, 0.1) is 5.92 Å². The Bertz CT molecular complexity index is 800. The lowest BCUT2D eigenvalue weighted by atomic mass is 10.2. The first kappa shape index (κ1) is 13.1. The molecule has 0 amide bonds. The molecule has 2 aromatic rings. The number of nitrogen functional groups attached to an aromatic ring is 1. The average molecular weight is 297 g/mol. The van der Waals surface area contributed by atoms with Crippen LogP contribution in [0.1, 0.15) is 29.8 Å². The number of fused-ring (bicyclic) bond motifs is 3. The Morgan fingerprint density at radius 3 is 2.91 bits per heavy atom. The summed E-state index contributed by atoms with van der Waals surface area (Å²) < 4.78 is 6.81. The first-order valence-electron chi connectivity index (χ1n) is 7.24. The summed E-state index contributed by atoms with van der Waals surface area (Å²) in [6.07, 6.45) is 2.25. The van der Waals surface area contributed by atoms with Gasteiger partial charge in [0.05, 0.1) is 6.20 Å². The van der Waals surface area contributed by atoms with Gasteiger partial charge >= 0.3 is 5.97 Å². The minimum atomic E-state index is -0.591. The van der Waals surface area contributed by atoms with Crippen LogP contribution in [0.4, 0.5) is 5.69 Å². The molecule has 0 bridgehead atoms. The van der Waals surface area contributed by atoms with Gasteiger partial charge in [-0.1, -0.05) is 30.3 Å². The van der Waals surface area contributed by atoms with Crippen molar-refractivity contribution in [2.45, 2.75) is 25.0 Å². The Labute approximate surface area is 126 Å². The zero-order chi connectivity index (χ0) is 15.3. The van der Waals surface area contributed by atoms with Gasteiger partial charge in [0.2, 0.25) is 0 Å². The molecule has 22 heavy (non-hydrogen) atoms. The molecule has 6 heteroatoms. The Morgan fingerprint density at radius 1 is 1.36 bits per heavy atom.